The third-order valence-corrected chi connectivity index (χ3v) is 5.21. The third kappa shape index (κ3) is 4.86. The summed E-state index contributed by atoms with van der Waals surface area (Å²) in [6.07, 6.45) is 1.21. The van der Waals surface area contributed by atoms with Crippen LogP contribution in [0.15, 0.2) is 18.2 Å². The second-order valence-electron chi connectivity index (χ2n) is 8.47. The summed E-state index contributed by atoms with van der Waals surface area (Å²) in [7, 11) is 0. The van der Waals surface area contributed by atoms with Crippen LogP contribution in [-0.2, 0) is 11.2 Å². The van der Waals surface area contributed by atoms with E-state index in [1.165, 1.54) is 0 Å². The lowest BCUT2D eigenvalue weighted by molar-refractivity contribution is 0.00730. The molecule has 154 valence electrons. The number of rotatable bonds is 2. The molecule has 1 fully saturated rings. The second-order valence-corrected chi connectivity index (χ2v) is 8.88. The van der Waals surface area contributed by atoms with E-state index in [4.69, 9.17) is 27.4 Å². The van der Waals surface area contributed by atoms with Gasteiger partial charge >= 0.3 is 6.09 Å². The minimum atomic E-state index is -0.536. The van der Waals surface area contributed by atoms with Gasteiger partial charge in [-0.05, 0) is 58.5 Å². The zero-order valence-corrected chi connectivity index (χ0v) is 17.8. The first kappa shape index (κ1) is 20.7. The van der Waals surface area contributed by atoms with Gasteiger partial charge in [0.25, 0.3) is 0 Å². The number of piperidine rings is 1. The van der Waals surface area contributed by atoms with Gasteiger partial charge in [-0.1, -0.05) is 6.07 Å². The molecule has 3 atom stereocenters. The highest BCUT2D eigenvalue weighted by Gasteiger charge is 2.36. The Morgan fingerprint density at radius 3 is 2.86 bits per heavy atom. The highest BCUT2D eigenvalue weighted by Crippen LogP contribution is 2.31. The Kier molecular flexibility index (Phi) is 6.00. The minimum absolute atomic E-state index is 0.0129. The highest BCUT2D eigenvalue weighted by atomic mass is 32.1. The summed E-state index contributed by atoms with van der Waals surface area (Å²) < 4.78 is 11.1. The quantitative estimate of drug-likeness (QED) is 0.651. The number of nitrogens with one attached hydrogen (secondary N) is 2. The van der Waals surface area contributed by atoms with Crippen LogP contribution in [0.1, 0.15) is 39.7 Å². The van der Waals surface area contributed by atoms with E-state index in [2.05, 4.69) is 10.6 Å². The number of carbonyl (C=O) groups is 1. The molecule has 3 rings (SSSR count). The largest absolute Gasteiger partial charge is 0.493 e. The predicted octanol–water partition coefficient (Wildman–Crippen LogP) is 2.63. The number of amides is 1. The lowest BCUT2D eigenvalue weighted by Gasteiger charge is -2.42. The lowest BCUT2D eigenvalue weighted by Crippen LogP contribution is -2.62. The molecular formula is C20H30N4O3S. The zero-order valence-electron chi connectivity index (χ0n) is 17.0. The molecule has 28 heavy (non-hydrogen) atoms. The number of benzene rings is 1. The first-order chi connectivity index (χ1) is 13.1. The molecule has 0 spiro atoms. The molecule has 2 aliphatic heterocycles. The van der Waals surface area contributed by atoms with E-state index < -0.39 is 5.60 Å². The van der Waals surface area contributed by atoms with Crippen LogP contribution in [0.4, 0.5) is 10.5 Å². The van der Waals surface area contributed by atoms with Crippen molar-refractivity contribution in [3.63, 3.8) is 0 Å². The Morgan fingerprint density at radius 2 is 2.14 bits per heavy atom. The standard InChI is InChI=1S/C20H30N4O3S/c1-12-10-14(21)16(11-24(12)19(25)27-20(2,3)4)23-18(28)22-15-6-5-7-17-13(15)8-9-26-17/h5-7,12,14,16H,8-11,21H2,1-4H3,(H2,22,23,28)/t12-,14+,16-/m1/s1. The van der Waals surface area contributed by atoms with Gasteiger partial charge in [0.2, 0.25) is 0 Å². The summed E-state index contributed by atoms with van der Waals surface area (Å²) in [5.74, 6) is 0.895. The molecule has 2 heterocycles. The van der Waals surface area contributed by atoms with Crippen molar-refractivity contribution in [2.24, 2.45) is 5.73 Å². The normalized spacial score (nSPS) is 24.2. The number of ether oxygens (including phenoxy) is 2. The van der Waals surface area contributed by atoms with E-state index in [1.54, 1.807) is 4.90 Å². The summed E-state index contributed by atoms with van der Waals surface area (Å²) in [5, 5.41) is 7.02. The summed E-state index contributed by atoms with van der Waals surface area (Å²) in [5.41, 5.74) is 7.87. The third-order valence-electron chi connectivity index (χ3n) is 4.99. The van der Waals surface area contributed by atoms with Gasteiger partial charge in [-0.3, -0.25) is 0 Å². The van der Waals surface area contributed by atoms with Crippen LogP contribution in [0.3, 0.4) is 0 Å². The molecule has 2 aliphatic rings. The van der Waals surface area contributed by atoms with Crippen LogP contribution in [0, 0.1) is 0 Å². The number of likely N-dealkylation sites (tertiary alicyclic amines) is 1. The first-order valence-corrected chi connectivity index (χ1v) is 10.1. The van der Waals surface area contributed by atoms with E-state index in [1.807, 2.05) is 45.9 Å². The molecule has 0 unspecified atom stereocenters. The molecule has 0 radical (unpaired) electrons. The van der Waals surface area contributed by atoms with Gasteiger partial charge < -0.3 is 30.7 Å². The number of nitrogens with zero attached hydrogens (tertiary/aromatic N) is 1. The van der Waals surface area contributed by atoms with Crippen molar-refractivity contribution in [3.8, 4) is 5.75 Å². The van der Waals surface area contributed by atoms with E-state index >= 15 is 0 Å². The maximum atomic E-state index is 12.6. The first-order valence-electron chi connectivity index (χ1n) is 9.71. The number of carbonyl (C=O) groups excluding carboxylic acids is 1. The van der Waals surface area contributed by atoms with Gasteiger partial charge in [-0.25, -0.2) is 4.79 Å². The van der Waals surface area contributed by atoms with E-state index in [-0.39, 0.29) is 24.2 Å². The molecule has 8 heteroatoms. The maximum absolute atomic E-state index is 12.6. The Labute approximate surface area is 171 Å². The molecule has 1 amide bonds. The van der Waals surface area contributed by atoms with E-state index in [0.29, 0.717) is 24.7 Å². The number of hydrogen-bond donors (Lipinski definition) is 3. The average molecular weight is 407 g/mol. The number of fused-ring (bicyclic) bond motifs is 1. The van der Waals surface area contributed by atoms with Gasteiger partial charge in [-0.2, -0.15) is 0 Å². The topological polar surface area (TPSA) is 88.9 Å². The van der Waals surface area contributed by atoms with Crippen molar-refractivity contribution in [1.82, 2.24) is 10.2 Å². The number of thiocarbonyl (C=S) groups is 1. The summed E-state index contributed by atoms with van der Waals surface area (Å²) in [4.78, 5) is 14.3. The Morgan fingerprint density at radius 1 is 1.39 bits per heavy atom. The molecule has 0 aliphatic carbocycles. The fraction of sp³-hybridized carbons (Fsp3) is 0.600. The molecule has 1 aromatic rings. The van der Waals surface area contributed by atoms with Crippen LogP contribution < -0.4 is 21.1 Å². The summed E-state index contributed by atoms with van der Waals surface area (Å²) in [6.45, 7) is 8.70. The van der Waals surface area contributed by atoms with Crippen molar-refractivity contribution < 1.29 is 14.3 Å². The van der Waals surface area contributed by atoms with Crippen molar-refractivity contribution in [2.45, 2.75) is 64.3 Å². The Hall–Kier alpha value is -2.06. The second kappa shape index (κ2) is 8.13. The molecule has 0 bridgehead atoms. The van der Waals surface area contributed by atoms with Crippen molar-refractivity contribution >= 4 is 29.1 Å². The van der Waals surface area contributed by atoms with Crippen LogP contribution in [0.5, 0.6) is 5.75 Å². The van der Waals surface area contributed by atoms with Crippen LogP contribution in [0.25, 0.3) is 0 Å². The maximum Gasteiger partial charge on any atom is 0.410 e. The van der Waals surface area contributed by atoms with Crippen LogP contribution >= 0.6 is 12.2 Å². The zero-order chi connectivity index (χ0) is 20.5. The van der Waals surface area contributed by atoms with Gasteiger partial charge in [0.1, 0.15) is 11.4 Å². The Balaban J connectivity index is 1.63. The molecule has 1 aromatic carbocycles. The van der Waals surface area contributed by atoms with Gasteiger partial charge in [0, 0.05) is 36.3 Å². The number of nitrogens with two attached hydrogens (primary N) is 1. The Bertz CT molecular complexity index is 749. The molecule has 7 nitrogen and oxygen atoms in total. The van der Waals surface area contributed by atoms with Gasteiger partial charge in [0.15, 0.2) is 5.11 Å². The van der Waals surface area contributed by atoms with Crippen LogP contribution in [-0.4, -0.2) is 53.0 Å². The van der Waals surface area contributed by atoms with Crippen LogP contribution in [0.2, 0.25) is 0 Å². The molecule has 4 N–H and O–H groups in total. The SMILES string of the molecule is C[C@@H]1C[C@H](N)[C@H](NC(=S)Nc2cccc3c2CCO3)CN1C(=O)OC(C)(C)C. The molecule has 0 aromatic heterocycles. The number of hydrogen-bond acceptors (Lipinski definition) is 5. The smallest absolute Gasteiger partial charge is 0.410 e. The lowest BCUT2D eigenvalue weighted by atomic mass is 9.95. The van der Waals surface area contributed by atoms with Gasteiger partial charge in [-0.15, -0.1) is 0 Å². The molecule has 1 saturated heterocycles. The predicted molar refractivity (Wildman–Crippen MR) is 114 cm³/mol. The summed E-state index contributed by atoms with van der Waals surface area (Å²) in [6, 6.07) is 5.63. The van der Waals surface area contributed by atoms with E-state index in [9.17, 15) is 4.79 Å². The summed E-state index contributed by atoms with van der Waals surface area (Å²) >= 11 is 5.51. The van der Waals surface area contributed by atoms with Gasteiger partial charge in [0.05, 0.1) is 12.6 Å². The fourth-order valence-electron chi connectivity index (χ4n) is 3.61. The highest BCUT2D eigenvalue weighted by molar-refractivity contribution is 7.80. The van der Waals surface area contributed by atoms with E-state index in [0.717, 1.165) is 23.4 Å². The molecule has 0 saturated carbocycles. The van der Waals surface area contributed by atoms with Crippen molar-refractivity contribution in [2.75, 3.05) is 18.5 Å². The average Bonchev–Trinajstić information content (AvgIpc) is 3.05. The number of anilines is 1. The fourth-order valence-corrected chi connectivity index (χ4v) is 3.87. The minimum Gasteiger partial charge on any atom is -0.493 e. The van der Waals surface area contributed by atoms with Crippen molar-refractivity contribution in [3.05, 3.63) is 23.8 Å². The molecular weight excluding hydrogens is 376 g/mol. The monoisotopic (exact) mass is 406 g/mol. The van der Waals surface area contributed by atoms with Crippen molar-refractivity contribution in [1.29, 1.82) is 0 Å².